The van der Waals surface area contributed by atoms with Gasteiger partial charge in [-0.1, -0.05) is 13.8 Å². The zero-order chi connectivity index (χ0) is 15.0. The molecule has 0 aromatic rings. The Morgan fingerprint density at radius 3 is 2.25 bits per heavy atom. The van der Waals surface area contributed by atoms with Gasteiger partial charge in [0, 0.05) is 6.54 Å². The van der Waals surface area contributed by atoms with Crippen LogP contribution in [0.2, 0.25) is 0 Å². The topological polar surface area (TPSA) is 46.2 Å². The molecule has 2 fully saturated rings. The van der Waals surface area contributed by atoms with Crippen molar-refractivity contribution >= 4 is 9.84 Å². The van der Waals surface area contributed by atoms with Gasteiger partial charge < -0.3 is 5.32 Å². The fraction of sp³-hybridized carbons (Fsp3) is 1.00. The Morgan fingerprint density at radius 1 is 1.15 bits per heavy atom. The van der Waals surface area contributed by atoms with E-state index in [1.807, 2.05) is 0 Å². The van der Waals surface area contributed by atoms with E-state index in [1.54, 1.807) is 13.8 Å². The largest absolute Gasteiger partial charge is 0.316 e. The highest BCUT2D eigenvalue weighted by atomic mass is 32.2. The minimum absolute atomic E-state index is 0.237. The number of hydrogen-bond acceptors (Lipinski definition) is 3. The third-order valence-electron chi connectivity index (χ3n) is 5.15. The van der Waals surface area contributed by atoms with Gasteiger partial charge in [-0.15, -0.1) is 0 Å². The number of nitrogens with one attached hydrogen (secondary N) is 1. The average molecular weight is 301 g/mol. The molecule has 0 radical (unpaired) electrons. The summed E-state index contributed by atoms with van der Waals surface area (Å²) in [6, 6.07) is 0. The van der Waals surface area contributed by atoms with E-state index in [0.717, 1.165) is 31.3 Å². The van der Waals surface area contributed by atoms with Crippen molar-refractivity contribution in [2.45, 2.75) is 58.6 Å². The van der Waals surface area contributed by atoms with Gasteiger partial charge in [0.2, 0.25) is 0 Å². The first-order valence-corrected chi connectivity index (χ1v) is 9.88. The first-order chi connectivity index (χ1) is 9.24. The molecule has 118 valence electrons. The highest BCUT2D eigenvalue weighted by molar-refractivity contribution is 7.91. The lowest BCUT2D eigenvalue weighted by atomic mass is 9.80. The minimum Gasteiger partial charge on any atom is -0.316 e. The van der Waals surface area contributed by atoms with Crippen LogP contribution in [0.5, 0.6) is 0 Å². The van der Waals surface area contributed by atoms with Crippen molar-refractivity contribution in [2.24, 2.45) is 23.2 Å². The molecular formula is C16H31NO2S. The maximum atomic E-state index is 12.1. The second-order valence-corrected chi connectivity index (χ2v) is 10.5. The standard InChI is InChI=1S/C16H31NO2S/c1-12(2)10-17-11-16(8-14-7-15(14)9-16)5-6-20(18,19)13(3)4/h12-15,17H,5-11H2,1-4H3. The zero-order valence-corrected chi connectivity index (χ0v) is 14.3. The summed E-state index contributed by atoms with van der Waals surface area (Å²) in [6.07, 6.45) is 4.74. The van der Waals surface area contributed by atoms with Gasteiger partial charge in [0.25, 0.3) is 0 Å². The predicted molar refractivity (Wildman–Crippen MR) is 84.5 cm³/mol. The Labute approximate surface area is 124 Å². The second kappa shape index (κ2) is 5.96. The van der Waals surface area contributed by atoms with Gasteiger partial charge in [-0.3, -0.25) is 0 Å². The van der Waals surface area contributed by atoms with Gasteiger partial charge in [0.15, 0.2) is 9.84 Å². The summed E-state index contributed by atoms with van der Waals surface area (Å²) < 4.78 is 24.2. The summed E-state index contributed by atoms with van der Waals surface area (Å²) in [7, 11) is -2.90. The number of sulfone groups is 1. The lowest BCUT2D eigenvalue weighted by Crippen LogP contribution is -2.37. The van der Waals surface area contributed by atoms with E-state index in [1.165, 1.54) is 19.3 Å². The maximum absolute atomic E-state index is 12.1. The molecule has 2 aliphatic carbocycles. The van der Waals surface area contributed by atoms with Crippen molar-refractivity contribution in [2.75, 3.05) is 18.8 Å². The van der Waals surface area contributed by atoms with Crippen LogP contribution < -0.4 is 5.32 Å². The number of fused-ring (bicyclic) bond motifs is 1. The van der Waals surface area contributed by atoms with Crippen molar-refractivity contribution in [3.63, 3.8) is 0 Å². The monoisotopic (exact) mass is 301 g/mol. The molecule has 4 heteroatoms. The smallest absolute Gasteiger partial charge is 0.152 e. The van der Waals surface area contributed by atoms with Crippen molar-refractivity contribution < 1.29 is 8.42 Å². The average Bonchev–Trinajstić information content (AvgIpc) is 2.95. The first-order valence-electron chi connectivity index (χ1n) is 8.16. The third-order valence-corrected chi connectivity index (χ3v) is 7.36. The van der Waals surface area contributed by atoms with Crippen LogP contribution >= 0.6 is 0 Å². The SMILES string of the molecule is CC(C)CNCC1(CCS(=O)(=O)C(C)C)CC2CC2C1. The van der Waals surface area contributed by atoms with E-state index in [4.69, 9.17) is 0 Å². The Hall–Kier alpha value is -0.0900. The summed E-state index contributed by atoms with van der Waals surface area (Å²) in [5.74, 6) is 2.82. The predicted octanol–water partition coefficient (Wildman–Crippen LogP) is 2.86. The summed E-state index contributed by atoms with van der Waals surface area (Å²) in [5, 5.41) is 3.34. The van der Waals surface area contributed by atoms with E-state index in [9.17, 15) is 8.42 Å². The quantitative estimate of drug-likeness (QED) is 0.750. The molecule has 0 aromatic heterocycles. The second-order valence-electron chi connectivity index (χ2n) is 7.85. The highest BCUT2D eigenvalue weighted by Gasteiger charge is 2.53. The molecule has 2 atom stereocenters. The van der Waals surface area contributed by atoms with Crippen LogP contribution in [0.15, 0.2) is 0 Å². The Morgan fingerprint density at radius 2 is 1.75 bits per heavy atom. The van der Waals surface area contributed by atoms with E-state index in [2.05, 4.69) is 19.2 Å². The Bertz CT molecular complexity index is 418. The van der Waals surface area contributed by atoms with Crippen LogP contribution in [0.25, 0.3) is 0 Å². The van der Waals surface area contributed by atoms with Crippen molar-refractivity contribution in [1.29, 1.82) is 0 Å². The van der Waals surface area contributed by atoms with Crippen molar-refractivity contribution in [3.05, 3.63) is 0 Å². The lowest BCUT2D eigenvalue weighted by molar-refractivity contribution is 0.238. The third kappa shape index (κ3) is 3.97. The van der Waals surface area contributed by atoms with Crippen LogP contribution in [0.1, 0.15) is 53.4 Å². The maximum Gasteiger partial charge on any atom is 0.152 e. The summed E-state index contributed by atoms with van der Waals surface area (Å²) in [4.78, 5) is 0. The molecule has 1 N–H and O–H groups in total. The molecule has 3 nitrogen and oxygen atoms in total. The Balaban J connectivity index is 1.91. The van der Waals surface area contributed by atoms with Gasteiger partial charge in [-0.25, -0.2) is 8.42 Å². The van der Waals surface area contributed by atoms with Gasteiger partial charge in [-0.05, 0) is 69.2 Å². The molecule has 0 amide bonds. The fourth-order valence-electron chi connectivity index (χ4n) is 3.66. The number of hydrogen-bond donors (Lipinski definition) is 1. The lowest BCUT2D eigenvalue weighted by Gasteiger charge is -2.32. The zero-order valence-electron chi connectivity index (χ0n) is 13.5. The summed E-state index contributed by atoms with van der Waals surface area (Å²) >= 11 is 0. The summed E-state index contributed by atoms with van der Waals surface area (Å²) in [6.45, 7) is 10.1. The van der Waals surface area contributed by atoms with Crippen LogP contribution in [-0.4, -0.2) is 32.5 Å². The van der Waals surface area contributed by atoms with Crippen molar-refractivity contribution in [3.8, 4) is 0 Å². The molecule has 20 heavy (non-hydrogen) atoms. The molecule has 2 unspecified atom stereocenters. The summed E-state index contributed by atoms with van der Waals surface area (Å²) in [5.41, 5.74) is 0.254. The van der Waals surface area contributed by atoms with Crippen molar-refractivity contribution in [1.82, 2.24) is 5.32 Å². The molecule has 0 heterocycles. The van der Waals surface area contributed by atoms with E-state index in [-0.39, 0.29) is 10.7 Å². The molecule has 2 rings (SSSR count). The normalized spacial score (nSPS) is 32.9. The molecule has 0 bridgehead atoms. The number of rotatable bonds is 8. The minimum atomic E-state index is -2.90. The first kappa shape index (κ1) is 16.3. The van der Waals surface area contributed by atoms with Gasteiger partial charge in [0.1, 0.15) is 0 Å². The molecule has 0 saturated heterocycles. The molecule has 2 saturated carbocycles. The van der Waals surface area contributed by atoms with E-state index >= 15 is 0 Å². The van der Waals surface area contributed by atoms with Crippen LogP contribution in [0.3, 0.4) is 0 Å². The molecule has 0 aromatic carbocycles. The molecule has 0 spiro atoms. The van der Waals surface area contributed by atoms with Gasteiger partial charge in [0.05, 0.1) is 11.0 Å². The van der Waals surface area contributed by atoms with Crippen LogP contribution in [0.4, 0.5) is 0 Å². The highest BCUT2D eigenvalue weighted by Crippen LogP contribution is 2.61. The molecule has 2 aliphatic rings. The van der Waals surface area contributed by atoms with E-state index in [0.29, 0.717) is 11.7 Å². The van der Waals surface area contributed by atoms with Gasteiger partial charge in [-0.2, -0.15) is 0 Å². The van der Waals surface area contributed by atoms with E-state index < -0.39 is 9.84 Å². The fourth-order valence-corrected chi connectivity index (χ4v) is 4.85. The van der Waals surface area contributed by atoms with Crippen LogP contribution in [-0.2, 0) is 9.84 Å². The van der Waals surface area contributed by atoms with Gasteiger partial charge >= 0.3 is 0 Å². The molecule has 0 aliphatic heterocycles. The Kier molecular flexibility index (Phi) is 4.85. The van der Waals surface area contributed by atoms with Crippen LogP contribution in [0, 0.1) is 23.2 Å². The molecular weight excluding hydrogens is 270 g/mol.